The molecule has 0 aliphatic rings. The normalized spacial score (nSPS) is 10.6. The molecule has 8 N–H and O–H groups in total. The van der Waals surface area contributed by atoms with Crippen molar-refractivity contribution in [2.75, 3.05) is 21.7 Å². The quantitative estimate of drug-likeness (QED) is 0.206. The van der Waals surface area contributed by atoms with E-state index in [2.05, 4.69) is 26.1 Å². The van der Waals surface area contributed by atoms with Crippen LogP contribution in [0.3, 0.4) is 0 Å². The lowest BCUT2D eigenvalue weighted by molar-refractivity contribution is -0.116. The van der Waals surface area contributed by atoms with Crippen LogP contribution in [0.15, 0.2) is 24.4 Å². The third-order valence-electron chi connectivity index (χ3n) is 4.62. The molecule has 0 atom stereocenters. The van der Waals surface area contributed by atoms with Gasteiger partial charge in [0.1, 0.15) is 17.2 Å². The van der Waals surface area contributed by atoms with Gasteiger partial charge in [-0.3, -0.25) is 29.2 Å². The molecule has 0 saturated heterocycles. The van der Waals surface area contributed by atoms with Crippen molar-refractivity contribution in [2.45, 2.75) is 12.8 Å². The molecule has 0 radical (unpaired) electrons. The van der Waals surface area contributed by atoms with E-state index in [0.717, 1.165) is 0 Å². The molecule has 0 aromatic carbocycles. The van der Waals surface area contributed by atoms with Gasteiger partial charge in [-0.15, -0.1) is 0 Å². The Bertz CT molecular complexity index is 1230. The van der Waals surface area contributed by atoms with Gasteiger partial charge in [0, 0.05) is 52.3 Å². The molecule has 33 heavy (non-hydrogen) atoms. The molecule has 3 heterocycles. The topological polar surface area (TPSA) is 204 Å². The third-order valence-corrected chi connectivity index (χ3v) is 4.62. The van der Waals surface area contributed by atoms with Crippen LogP contribution < -0.4 is 27.4 Å². The average Bonchev–Trinajstić information content (AvgIpc) is 3.36. The minimum Gasteiger partial charge on any atom is -0.397 e. The Morgan fingerprint density at radius 2 is 1.52 bits per heavy atom. The van der Waals surface area contributed by atoms with Gasteiger partial charge in [0.05, 0.1) is 11.5 Å². The summed E-state index contributed by atoms with van der Waals surface area (Å²) in [5.41, 5.74) is 11.9. The fourth-order valence-electron chi connectivity index (χ4n) is 3.02. The number of carbonyl (C=O) groups is 3. The van der Waals surface area contributed by atoms with Crippen LogP contribution in [-0.4, -0.2) is 47.7 Å². The molecule has 3 rings (SSSR count). The summed E-state index contributed by atoms with van der Waals surface area (Å²) in [4.78, 5) is 37.1. The van der Waals surface area contributed by atoms with Crippen LogP contribution in [0, 0.1) is 5.41 Å². The Hall–Kier alpha value is -4.62. The maximum absolute atomic E-state index is 12.7. The molecule has 0 unspecified atom stereocenters. The number of nitrogens with one attached hydrogen (secondary N) is 4. The minimum atomic E-state index is -0.513. The zero-order valence-corrected chi connectivity index (χ0v) is 18.3. The first kappa shape index (κ1) is 23.1. The third kappa shape index (κ3) is 5.55. The lowest BCUT2D eigenvalue weighted by Crippen LogP contribution is -2.18. The summed E-state index contributed by atoms with van der Waals surface area (Å²) in [6.45, 7) is 0. The fraction of sp³-hybridized carbons (Fsp3) is 0.263. The largest absolute Gasteiger partial charge is 0.397 e. The molecule has 0 fully saturated rings. The Balaban J connectivity index is 1.66. The second-order valence-corrected chi connectivity index (χ2v) is 7.33. The van der Waals surface area contributed by atoms with Gasteiger partial charge in [-0.1, -0.05) is 0 Å². The van der Waals surface area contributed by atoms with E-state index in [4.69, 9.17) is 16.9 Å². The summed E-state index contributed by atoms with van der Waals surface area (Å²) in [5.74, 6) is -0.600. The van der Waals surface area contributed by atoms with E-state index in [9.17, 15) is 14.4 Å². The monoisotopic (exact) mass is 455 g/mol. The number of nitrogen functional groups attached to an aromatic ring is 1. The number of nitrogens with two attached hydrogens (primary N) is 2. The predicted molar refractivity (Wildman–Crippen MR) is 122 cm³/mol. The van der Waals surface area contributed by atoms with Gasteiger partial charge >= 0.3 is 0 Å². The maximum atomic E-state index is 12.7. The minimum absolute atomic E-state index is 0.0566. The summed E-state index contributed by atoms with van der Waals surface area (Å²) in [6, 6.07) is 4.44. The number of nitrogens with zero attached hydrogens (tertiary/aromatic N) is 5. The molecule has 0 aliphatic carbocycles. The predicted octanol–water partition coefficient (Wildman–Crippen LogP) is 0.234. The van der Waals surface area contributed by atoms with E-state index in [-0.39, 0.29) is 41.9 Å². The molecule has 0 bridgehead atoms. The van der Waals surface area contributed by atoms with Crippen molar-refractivity contribution in [3.8, 4) is 0 Å². The van der Waals surface area contributed by atoms with Gasteiger partial charge in [0.2, 0.25) is 5.91 Å². The van der Waals surface area contributed by atoms with Crippen LogP contribution in [0.25, 0.3) is 0 Å². The smallest absolute Gasteiger partial charge is 0.275 e. The molecule has 14 heteroatoms. The Kier molecular flexibility index (Phi) is 6.46. The van der Waals surface area contributed by atoms with E-state index < -0.39 is 11.8 Å². The number of aromatic nitrogens is 5. The molecule has 0 aliphatic heterocycles. The van der Waals surface area contributed by atoms with Crippen LogP contribution in [-0.2, 0) is 25.9 Å². The first-order valence-electron chi connectivity index (χ1n) is 9.79. The van der Waals surface area contributed by atoms with Crippen molar-refractivity contribution in [2.24, 2.45) is 26.9 Å². The van der Waals surface area contributed by atoms with Gasteiger partial charge in [-0.2, -0.15) is 10.2 Å². The van der Waals surface area contributed by atoms with E-state index in [1.165, 1.54) is 27.6 Å². The number of rotatable bonds is 8. The number of amides is 3. The average molecular weight is 455 g/mol. The number of carbonyl (C=O) groups excluding carboxylic acids is 3. The fourth-order valence-corrected chi connectivity index (χ4v) is 3.02. The van der Waals surface area contributed by atoms with Gasteiger partial charge in [0.15, 0.2) is 11.6 Å². The van der Waals surface area contributed by atoms with Crippen molar-refractivity contribution < 1.29 is 14.4 Å². The summed E-state index contributed by atoms with van der Waals surface area (Å²) in [6.07, 6.45) is 1.81. The van der Waals surface area contributed by atoms with Crippen LogP contribution >= 0.6 is 0 Å². The highest BCUT2D eigenvalue weighted by Gasteiger charge is 2.19. The molecule has 0 saturated carbocycles. The van der Waals surface area contributed by atoms with Crippen molar-refractivity contribution in [3.63, 3.8) is 0 Å². The molecular formula is C19H25N11O3. The maximum Gasteiger partial charge on any atom is 0.275 e. The highest BCUT2D eigenvalue weighted by atomic mass is 16.2. The van der Waals surface area contributed by atoms with Gasteiger partial charge < -0.3 is 32.0 Å². The lowest BCUT2D eigenvalue weighted by Gasteiger charge is -2.03. The highest BCUT2D eigenvalue weighted by Crippen LogP contribution is 2.17. The second kappa shape index (κ2) is 9.25. The van der Waals surface area contributed by atoms with Gasteiger partial charge in [-0.05, 0) is 6.07 Å². The van der Waals surface area contributed by atoms with Crippen LogP contribution in [0.1, 0.15) is 33.8 Å². The molecule has 174 valence electrons. The Morgan fingerprint density at radius 3 is 2.12 bits per heavy atom. The molecule has 0 spiro atoms. The summed E-state index contributed by atoms with van der Waals surface area (Å²) in [5, 5.41) is 23.4. The summed E-state index contributed by atoms with van der Waals surface area (Å²) >= 11 is 0. The number of amidine groups is 1. The van der Waals surface area contributed by atoms with Crippen molar-refractivity contribution >= 4 is 46.7 Å². The first-order chi connectivity index (χ1) is 15.5. The van der Waals surface area contributed by atoms with E-state index >= 15 is 0 Å². The lowest BCUT2D eigenvalue weighted by atomic mass is 10.3. The standard InChI is InChI=1S/C19H25N11O3/c1-28-9-10(20)6-11(28)18(32)23-14-7-12(29(2)26-14)19(33)24-15-8-16(30(3)27-15)25-17(31)5-4-13(21)22/h6-9H,4-5,20H2,1-3H3,(H3,21,22)(H,25,31)(H,23,26,32)(H,24,27,33). The molecule has 3 amide bonds. The zero-order valence-electron chi connectivity index (χ0n) is 18.3. The van der Waals surface area contributed by atoms with Crippen molar-refractivity contribution in [3.05, 3.63) is 35.8 Å². The molecule has 3 aromatic rings. The SMILES string of the molecule is Cn1cc(N)cc1C(=O)Nc1cc(C(=O)Nc2cc(NC(=O)CCC(=N)N)n(C)n2)n(C)n1. The number of hydrogen-bond donors (Lipinski definition) is 6. The first-order valence-corrected chi connectivity index (χ1v) is 9.79. The van der Waals surface area contributed by atoms with Crippen molar-refractivity contribution in [1.82, 2.24) is 24.1 Å². The van der Waals surface area contributed by atoms with E-state index in [1.54, 1.807) is 31.9 Å². The van der Waals surface area contributed by atoms with E-state index in [0.29, 0.717) is 17.2 Å². The van der Waals surface area contributed by atoms with Gasteiger partial charge in [-0.25, -0.2) is 0 Å². The summed E-state index contributed by atoms with van der Waals surface area (Å²) < 4.78 is 4.29. The van der Waals surface area contributed by atoms with E-state index in [1.807, 2.05) is 0 Å². The molecular weight excluding hydrogens is 430 g/mol. The number of hydrogen-bond acceptors (Lipinski definition) is 7. The molecule has 3 aromatic heterocycles. The number of aryl methyl sites for hydroxylation is 3. The zero-order chi connectivity index (χ0) is 24.3. The summed E-state index contributed by atoms with van der Waals surface area (Å²) in [7, 11) is 4.85. The van der Waals surface area contributed by atoms with Crippen LogP contribution in [0.4, 0.5) is 23.1 Å². The van der Waals surface area contributed by atoms with Gasteiger partial charge in [0.25, 0.3) is 11.8 Å². The van der Waals surface area contributed by atoms with Crippen molar-refractivity contribution in [1.29, 1.82) is 5.41 Å². The second-order valence-electron chi connectivity index (χ2n) is 7.33. The van der Waals surface area contributed by atoms with Crippen LogP contribution in [0.2, 0.25) is 0 Å². The Morgan fingerprint density at radius 1 is 0.909 bits per heavy atom. The highest BCUT2D eigenvalue weighted by molar-refractivity contribution is 6.06. The van der Waals surface area contributed by atoms with Crippen LogP contribution in [0.5, 0.6) is 0 Å². The molecule has 14 nitrogen and oxygen atoms in total. The number of anilines is 4. The Labute approximate surface area is 188 Å².